The van der Waals surface area contributed by atoms with Crippen molar-refractivity contribution in [1.82, 2.24) is 0 Å². The first-order valence-electron chi connectivity index (χ1n) is 23.7. The predicted molar refractivity (Wildman–Crippen MR) is 267 cm³/mol. The first kappa shape index (κ1) is 42.2. The molecule has 2 heteroatoms. The summed E-state index contributed by atoms with van der Waals surface area (Å²) in [4.78, 5) is 5.16. The molecule has 3 aliphatic rings. The fourth-order valence-corrected chi connectivity index (χ4v) is 12.3. The molecule has 0 aliphatic heterocycles. The van der Waals surface area contributed by atoms with E-state index in [-0.39, 0.29) is 21.7 Å². The van der Waals surface area contributed by atoms with Gasteiger partial charge >= 0.3 is 0 Å². The molecule has 2 saturated carbocycles. The quantitative estimate of drug-likeness (QED) is 0.165. The van der Waals surface area contributed by atoms with Gasteiger partial charge in [-0.1, -0.05) is 139 Å². The van der Waals surface area contributed by atoms with Gasteiger partial charge in [-0.25, -0.2) is 0 Å². The molecule has 0 saturated heterocycles. The van der Waals surface area contributed by atoms with Gasteiger partial charge in [0.1, 0.15) is 0 Å². The van der Waals surface area contributed by atoms with Gasteiger partial charge in [-0.05, 0) is 182 Å². The summed E-state index contributed by atoms with van der Waals surface area (Å²) in [5.74, 6) is 0. The molecule has 3 aliphatic carbocycles. The molecule has 0 atom stereocenters. The Morgan fingerprint density at radius 1 is 0.371 bits per heavy atom. The van der Waals surface area contributed by atoms with Crippen molar-refractivity contribution in [3.63, 3.8) is 0 Å². The van der Waals surface area contributed by atoms with Gasteiger partial charge in [0.15, 0.2) is 0 Å². The zero-order valence-corrected chi connectivity index (χ0v) is 39.9. The maximum absolute atomic E-state index is 2.66. The van der Waals surface area contributed by atoms with Gasteiger partial charge < -0.3 is 9.80 Å². The van der Waals surface area contributed by atoms with Gasteiger partial charge in [0.2, 0.25) is 0 Å². The molecule has 2 nitrogen and oxygen atoms in total. The Morgan fingerprint density at radius 2 is 0.661 bits per heavy atom. The zero-order chi connectivity index (χ0) is 43.9. The molecule has 320 valence electrons. The third-order valence-corrected chi connectivity index (χ3v) is 15.4. The van der Waals surface area contributed by atoms with Crippen LogP contribution in [0.4, 0.5) is 34.1 Å². The van der Waals surface area contributed by atoms with Crippen LogP contribution in [0.1, 0.15) is 149 Å². The van der Waals surface area contributed by atoms with Gasteiger partial charge in [0.05, 0.1) is 11.4 Å². The summed E-state index contributed by atoms with van der Waals surface area (Å²) < 4.78 is 0. The summed E-state index contributed by atoms with van der Waals surface area (Å²) in [7, 11) is 0. The van der Waals surface area contributed by atoms with Crippen molar-refractivity contribution in [2.75, 3.05) is 9.80 Å². The molecule has 0 N–H and O–H groups in total. The lowest BCUT2D eigenvalue weighted by molar-refractivity contribution is 0.0791. The van der Waals surface area contributed by atoms with E-state index in [0.29, 0.717) is 0 Å². The van der Waals surface area contributed by atoms with Crippen molar-refractivity contribution >= 4 is 34.1 Å². The van der Waals surface area contributed by atoms with Crippen molar-refractivity contribution in [1.29, 1.82) is 0 Å². The highest BCUT2D eigenvalue weighted by Gasteiger charge is 2.59. The van der Waals surface area contributed by atoms with E-state index in [4.69, 9.17) is 0 Å². The summed E-state index contributed by atoms with van der Waals surface area (Å²) >= 11 is 0. The number of rotatable bonds is 6. The topological polar surface area (TPSA) is 6.48 Å². The third kappa shape index (κ3) is 6.92. The molecule has 0 radical (unpaired) electrons. The summed E-state index contributed by atoms with van der Waals surface area (Å²) in [5, 5.41) is 0. The second kappa shape index (κ2) is 15.3. The van der Waals surface area contributed by atoms with Crippen molar-refractivity contribution in [2.24, 2.45) is 0 Å². The molecule has 6 aromatic rings. The van der Waals surface area contributed by atoms with Gasteiger partial charge in [-0.2, -0.15) is 0 Å². The van der Waals surface area contributed by atoms with Crippen molar-refractivity contribution in [2.45, 2.75) is 156 Å². The molecule has 0 amide bonds. The second-order valence-electron chi connectivity index (χ2n) is 21.8. The first-order chi connectivity index (χ1) is 29.4. The minimum atomic E-state index is 0.0813. The number of aryl methyl sites for hydroxylation is 6. The first-order valence-corrected chi connectivity index (χ1v) is 23.7. The van der Waals surface area contributed by atoms with Crippen LogP contribution in [-0.4, -0.2) is 0 Å². The minimum Gasteiger partial charge on any atom is -0.310 e. The van der Waals surface area contributed by atoms with Gasteiger partial charge in [0.25, 0.3) is 0 Å². The molecular formula is C60H70N2. The van der Waals surface area contributed by atoms with Crippen LogP contribution < -0.4 is 9.80 Å². The monoisotopic (exact) mass is 819 g/mol. The Kier molecular flexibility index (Phi) is 10.4. The van der Waals surface area contributed by atoms with E-state index in [1.807, 2.05) is 0 Å². The summed E-state index contributed by atoms with van der Waals surface area (Å²) in [6, 6.07) is 43.4. The van der Waals surface area contributed by atoms with E-state index in [9.17, 15) is 0 Å². The van der Waals surface area contributed by atoms with Crippen LogP contribution in [0, 0.1) is 41.5 Å². The lowest BCUT2D eigenvalue weighted by atomic mass is 9.42. The molecule has 62 heavy (non-hydrogen) atoms. The van der Waals surface area contributed by atoms with E-state index in [2.05, 4.69) is 202 Å². The number of benzene rings is 6. The fourth-order valence-electron chi connectivity index (χ4n) is 12.3. The lowest BCUT2D eigenvalue weighted by Crippen LogP contribution is -2.55. The maximum atomic E-state index is 2.66. The van der Waals surface area contributed by atoms with E-state index in [0.717, 1.165) is 0 Å². The predicted octanol–water partition coefficient (Wildman–Crippen LogP) is 17.4. The fraction of sp³-hybridized carbons (Fsp3) is 0.400. The van der Waals surface area contributed by atoms with E-state index in [1.165, 1.54) is 141 Å². The summed E-state index contributed by atoms with van der Waals surface area (Å²) in [6.45, 7) is 27.6. The molecule has 0 spiro atoms. The average Bonchev–Trinajstić information content (AvgIpc) is 3.23. The lowest BCUT2D eigenvalue weighted by Gasteiger charge is -2.61. The number of anilines is 6. The van der Waals surface area contributed by atoms with Crippen LogP contribution in [-0.2, 0) is 21.7 Å². The summed E-state index contributed by atoms with van der Waals surface area (Å²) in [5.41, 5.74) is 24.7. The van der Waals surface area contributed by atoms with Crippen molar-refractivity contribution in [3.05, 3.63) is 165 Å². The van der Waals surface area contributed by atoms with Crippen molar-refractivity contribution < 1.29 is 0 Å². The van der Waals surface area contributed by atoms with Gasteiger partial charge in [0, 0.05) is 33.6 Å². The highest BCUT2D eigenvalue weighted by Crippen LogP contribution is 2.67. The van der Waals surface area contributed by atoms with E-state index in [1.54, 1.807) is 11.1 Å². The van der Waals surface area contributed by atoms with Crippen LogP contribution in [0.25, 0.3) is 11.1 Å². The molecule has 2 fully saturated rings. The van der Waals surface area contributed by atoms with E-state index < -0.39 is 0 Å². The smallest absolute Gasteiger partial charge is 0.0520 e. The van der Waals surface area contributed by atoms with Crippen molar-refractivity contribution in [3.8, 4) is 11.1 Å². The highest BCUT2D eigenvalue weighted by atomic mass is 15.2. The van der Waals surface area contributed by atoms with Crippen LogP contribution >= 0.6 is 0 Å². The minimum absolute atomic E-state index is 0.0813. The number of nitrogens with zero attached hydrogens (tertiary/aromatic N) is 2. The highest BCUT2D eigenvalue weighted by molar-refractivity contribution is 5.88. The van der Waals surface area contributed by atoms with E-state index >= 15 is 0 Å². The number of hydrogen-bond acceptors (Lipinski definition) is 2. The van der Waals surface area contributed by atoms with Crippen LogP contribution in [0.2, 0.25) is 0 Å². The summed E-state index contributed by atoms with van der Waals surface area (Å²) in [6.07, 6.45) is 10.2. The molecule has 6 aromatic carbocycles. The number of fused-ring (bicyclic) bond motifs is 3. The molecular weight excluding hydrogens is 749 g/mol. The van der Waals surface area contributed by atoms with Gasteiger partial charge in [-0.3, -0.25) is 0 Å². The van der Waals surface area contributed by atoms with Crippen LogP contribution in [0.3, 0.4) is 0 Å². The SMILES string of the molecule is Cc1ccc(N(c2ccc3c(c2)C24CCCCC2(CCCC4)c2cc(N(c4ccc(C)cc4)c4c(C)cc(C(C)(C)C)cc4C)ccc2-3)c2c(C)cc(C(C)(C)C)cc2C)cc1. The largest absolute Gasteiger partial charge is 0.310 e. The Bertz CT molecular complexity index is 2420. The maximum Gasteiger partial charge on any atom is 0.0520 e. The standard InChI is InChI=1S/C60H70N2/c1-39-17-21-47(22-18-39)61(55-41(3)33-45(34-42(55)4)57(7,8)9)49-25-27-51-52-28-26-50(38-54(52)60-31-15-13-29-59(60,53(51)37-49)30-14-16-32-60)62(48-23-19-40(2)20-24-48)56-43(5)35-46(36-44(56)6)58(10,11)12/h17-28,33-38H,13-16,29-32H2,1-12H3. The Labute approximate surface area is 374 Å². The van der Waals surface area contributed by atoms with Crippen LogP contribution in [0.5, 0.6) is 0 Å². The molecule has 0 aromatic heterocycles. The molecule has 0 heterocycles. The molecule has 0 unspecified atom stereocenters. The molecule has 0 bridgehead atoms. The Balaban J connectivity index is 1.27. The van der Waals surface area contributed by atoms with Gasteiger partial charge in [-0.15, -0.1) is 0 Å². The Hall–Kier alpha value is -5.08. The number of hydrogen-bond donors (Lipinski definition) is 0. The average molecular weight is 819 g/mol. The second-order valence-corrected chi connectivity index (χ2v) is 21.8. The zero-order valence-electron chi connectivity index (χ0n) is 39.9. The normalized spacial score (nSPS) is 19.5. The molecule has 9 rings (SSSR count). The van der Waals surface area contributed by atoms with Crippen LogP contribution in [0.15, 0.2) is 109 Å². The Morgan fingerprint density at radius 3 is 0.952 bits per heavy atom. The third-order valence-electron chi connectivity index (χ3n) is 15.4.